The number of aryl methyl sites for hydroxylation is 1. The number of hydrogen-bond donors (Lipinski definition) is 1. The van der Waals surface area contributed by atoms with Crippen LogP contribution in [0.1, 0.15) is 25.3 Å². The SMILES string of the molecule is CCCOc1ccc(-c2csc(NC(=O)CCc3cc(OC)c(OC)cc3Br)n2)cc1. The number of rotatable bonds is 10. The lowest BCUT2D eigenvalue weighted by Gasteiger charge is -2.11. The fraction of sp³-hybridized carbons (Fsp3) is 0.304. The minimum Gasteiger partial charge on any atom is -0.494 e. The third kappa shape index (κ3) is 6.21. The Bertz CT molecular complexity index is 1020. The predicted octanol–water partition coefficient (Wildman–Crippen LogP) is 5.95. The fourth-order valence-corrected chi connectivity index (χ4v) is 4.18. The maximum absolute atomic E-state index is 12.4. The van der Waals surface area contributed by atoms with E-state index in [1.807, 2.05) is 41.8 Å². The van der Waals surface area contributed by atoms with Crippen molar-refractivity contribution in [2.45, 2.75) is 26.2 Å². The number of amides is 1. The zero-order valence-electron chi connectivity index (χ0n) is 17.7. The highest BCUT2D eigenvalue weighted by atomic mass is 79.9. The molecule has 1 N–H and O–H groups in total. The first-order valence-electron chi connectivity index (χ1n) is 9.93. The van der Waals surface area contributed by atoms with Crippen molar-refractivity contribution in [3.05, 3.63) is 51.8 Å². The standard InChI is InChI=1S/C23H25BrN2O4S/c1-4-11-30-17-8-5-15(6-9-17)19-14-31-23(25-19)26-22(27)10-7-16-12-20(28-2)21(29-3)13-18(16)24/h5-6,8-9,12-14H,4,7,10-11H2,1-3H3,(H,25,26,27). The molecule has 164 valence electrons. The van der Waals surface area contributed by atoms with Gasteiger partial charge in [-0.05, 0) is 54.8 Å². The lowest BCUT2D eigenvalue weighted by Crippen LogP contribution is -2.12. The number of methoxy groups -OCH3 is 2. The van der Waals surface area contributed by atoms with Crippen molar-refractivity contribution in [2.75, 3.05) is 26.1 Å². The Morgan fingerprint density at radius 3 is 2.52 bits per heavy atom. The molecule has 1 aromatic heterocycles. The van der Waals surface area contributed by atoms with Gasteiger partial charge in [-0.2, -0.15) is 0 Å². The summed E-state index contributed by atoms with van der Waals surface area (Å²) in [6.45, 7) is 2.78. The van der Waals surface area contributed by atoms with Gasteiger partial charge in [0.15, 0.2) is 16.6 Å². The molecule has 0 saturated carbocycles. The number of thiazole rings is 1. The Labute approximate surface area is 194 Å². The van der Waals surface area contributed by atoms with Crippen molar-refractivity contribution in [1.82, 2.24) is 4.98 Å². The second-order valence-corrected chi connectivity index (χ2v) is 8.47. The molecule has 0 unspecified atom stereocenters. The average molecular weight is 505 g/mol. The van der Waals surface area contributed by atoms with E-state index in [1.165, 1.54) is 11.3 Å². The van der Waals surface area contributed by atoms with E-state index in [4.69, 9.17) is 14.2 Å². The van der Waals surface area contributed by atoms with Gasteiger partial charge in [0.2, 0.25) is 5.91 Å². The number of aromatic nitrogens is 1. The molecule has 0 aliphatic carbocycles. The summed E-state index contributed by atoms with van der Waals surface area (Å²) in [5.41, 5.74) is 2.78. The summed E-state index contributed by atoms with van der Waals surface area (Å²) >= 11 is 4.94. The second-order valence-electron chi connectivity index (χ2n) is 6.76. The average Bonchev–Trinajstić information content (AvgIpc) is 3.25. The Morgan fingerprint density at radius 1 is 1.13 bits per heavy atom. The van der Waals surface area contributed by atoms with E-state index in [2.05, 4.69) is 33.2 Å². The molecule has 6 nitrogen and oxygen atoms in total. The van der Waals surface area contributed by atoms with E-state index in [1.54, 1.807) is 14.2 Å². The predicted molar refractivity (Wildman–Crippen MR) is 128 cm³/mol. The lowest BCUT2D eigenvalue weighted by molar-refractivity contribution is -0.116. The third-order valence-corrected chi connectivity index (χ3v) is 6.04. The van der Waals surface area contributed by atoms with Crippen LogP contribution in [0.3, 0.4) is 0 Å². The normalized spacial score (nSPS) is 10.6. The monoisotopic (exact) mass is 504 g/mol. The largest absolute Gasteiger partial charge is 0.494 e. The highest BCUT2D eigenvalue weighted by Crippen LogP contribution is 2.34. The van der Waals surface area contributed by atoms with Crippen molar-refractivity contribution in [3.63, 3.8) is 0 Å². The van der Waals surface area contributed by atoms with Crippen LogP contribution in [0.5, 0.6) is 17.2 Å². The molecule has 2 aromatic carbocycles. The van der Waals surface area contributed by atoms with Gasteiger partial charge in [0.05, 0.1) is 26.5 Å². The molecule has 0 atom stereocenters. The minimum absolute atomic E-state index is 0.0918. The van der Waals surface area contributed by atoms with Crippen LogP contribution < -0.4 is 19.5 Å². The van der Waals surface area contributed by atoms with Crippen molar-refractivity contribution < 1.29 is 19.0 Å². The number of anilines is 1. The van der Waals surface area contributed by atoms with E-state index in [0.717, 1.165) is 33.5 Å². The van der Waals surface area contributed by atoms with Crippen LogP contribution in [0.2, 0.25) is 0 Å². The van der Waals surface area contributed by atoms with Crippen molar-refractivity contribution in [3.8, 4) is 28.5 Å². The molecular formula is C23H25BrN2O4S. The van der Waals surface area contributed by atoms with Crippen molar-refractivity contribution >= 4 is 38.3 Å². The van der Waals surface area contributed by atoms with Crippen molar-refractivity contribution in [1.29, 1.82) is 0 Å². The number of nitrogens with one attached hydrogen (secondary N) is 1. The molecule has 8 heteroatoms. The Hall–Kier alpha value is -2.58. The third-order valence-electron chi connectivity index (χ3n) is 4.55. The van der Waals surface area contributed by atoms with Crippen LogP contribution in [0.25, 0.3) is 11.3 Å². The lowest BCUT2D eigenvalue weighted by atomic mass is 10.1. The molecule has 1 amide bonds. The van der Waals surface area contributed by atoms with Crippen LogP contribution in [0, 0.1) is 0 Å². The summed E-state index contributed by atoms with van der Waals surface area (Å²) in [4.78, 5) is 17.0. The molecule has 31 heavy (non-hydrogen) atoms. The summed E-state index contributed by atoms with van der Waals surface area (Å²) in [7, 11) is 3.18. The van der Waals surface area contributed by atoms with E-state index in [-0.39, 0.29) is 5.91 Å². The van der Waals surface area contributed by atoms with E-state index in [9.17, 15) is 4.79 Å². The first-order valence-corrected chi connectivity index (χ1v) is 11.6. The second kappa shape index (κ2) is 11.2. The maximum Gasteiger partial charge on any atom is 0.226 e. The number of benzene rings is 2. The molecule has 0 aliphatic rings. The molecular weight excluding hydrogens is 480 g/mol. The summed E-state index contributed by atoms with van der Waals surface area (Å²) in [5.74, 6) is 2.03. The number of carbonyl (C=O) groups excluding carboxylic acids is 1. The van der Waals surface area contributed by atoms with Gasteiger partial charge in [0, 0.05) is 21.8 Å². The summed E-state index contributed by atoms with van der Waals surface area (Å²) in [6.07, 6.45) is 1.86. The Kier molecular flexibility index (Phi) is 8.31. The Balaban J connectivity index is 1.58. The van der Waals surface area contributed by atoms with Crippen LogP contribution in [0.4, 0.5) is 5.13 Å². The molecule has 0 saturated heterocycles. The number of halogens is 1. The smallest absolute Gasteiger partial charge is 0.226 e. The molecule has 0 bridgehead atoms. The van der Waals surface area contributed by atoms with E-state index in [0.29, 0.717) is 36.1 Å². The van der Waals surface area contributed by atoms with Crippen LogP contribution in [-0.4, -0.2) is 31.7 Å². The Morgan fingerprint density at radius 2 is 1.84 bits per heavy atom. The van der Waals surface area contributed by atoms with Gasteiger partial charge in [-0.1, -0.05) is 22.9 Å². The number of nitrogens with zero attached hydrogens (tertiary/aromatic N) is 1. The van der Waals surface area contributed by atoms with Gasteiger partial charge in [-0.25, -0.2) is 4.98 Å². The molecule has 3 aromatic rings. The van der Waals surface area contributed by atoms with E-state index < -0.39 is 0 Å². The summed E-state index contributed by atoms with van der Waals surface area (Å²) < 4.78 is 17.1. The van der Waals surface area contributed by atoms with E-state index >= 15 is 0 Å². The molecule has 0 aliphatic heterocycles. The summed E-state index contributed by atoms with van der Waals surface area (Å²) in [5, 5.41) is 5.40. The minimum atomic E-state index is -0.0918. The zero-order valence-corrected chi connectivity index (χ0v) is 20.1. The molecule has 1 heterocycles. The highest BCUT2D eigenvalue weighted by Gasteiger charge is 2.13. The first-order chi connectivity index (χ1) is 15.0. The van der Waals surface area contributed by atoms with Gasteiger partial charge in [-0.3, -0.25) is 4.79 Å². The molecule has 0 radical (unpaired) electrons. The molecule has 3 rings (SSSR count). The van der Waals surface area contributed by atoms with Gasteiger partial charge in [0.25, 0.3) is 0 Å². The number of hydrogen-bond acceptors (Lipinski definition) is 6. The van der Waals surface area contributed by atoms with Gasteiger partial charge >= 0.3 is 0 Å². The van der Waals surface area contributed by atoms with Crippen LogP contribution >= 0.6 is 27.3 Å². The number of carbonyl (C=O) groups is 1. The molecule has 0 fully saturated rings. The number of ether oxygens (including phenoxy) is 3. The van der Waals surface area contributed by atoms with Gasteiger partial charge < -0.3 is 19.5 Å². The van der Waals surface area contributed by atoms with Gasteiger partial charge in [-0.15, -0.1) is 11.3 Å². The maximum atomic E-state index is 12.4. The van der Waals surface area contributed by atoms with Crippen molar-refractivity contribution in [2.24, 2.45) is 0 Å². The van der Waals surface area contributed by atoms with Crippen LogP contribution in [0.15, 0.2) is 46.3 Å². The first kappa shape index (κ1) is 23.1. The highest BCUT2D eigenvalue weighted by molar-refractivity contribution is 9.10. The zero-order chi connectivity index (χ0) is 22.2. The van der Waals surface area contributed by atoms with Gasteiger partial charge in [0.1, 0.15) is 5.75 Å². The fourth-order valence-electron chi connectivity index (χ4n) is 2.92. The summed E-state index contributed by atoms with van der Waals surface area (Å²) in [6, 6.07) is 11.5. The molecule has 0 spiro atoms. The van der Waals surface area contributed by atoms with Crippen LogP contribution in [-0.2, 0) is 11.2 Å². The quantitative estimate of drug-likeness (QED) is 0.369. The topological polar surface area (TPSA) is 69.7 Å².